The molecule has 26 heavy (non-hydrogen) atoms. The Morgan fingerprint density at radius 2 is 0.885 bits per heavy atom. The Hall–Kier alpha value is -1.32. The number of hydrogen-bond donors (Lipinski definition) is 0. The van der Waals surface area contributed by atoms with Crippen molar-refractivity contribution >= 4 is 23.1 Å². The lowest BCUT2D eigenvalue weighted by atomic mass is 9.42. The molecule has 1 saturated carbocycles. The SMILES string of the molecule is CC(C)C(=O)C1(C(=O)C(C)C)CC(C(=O)C(C)(C)C)(C(=O)C(C)(C)C)C1. The monoisotopic (exact) mass is 364 g/mol. The Morgan fingerprint density at radius 3 is 1.08 bits per heavy atom. The topological polar surface area (TPSA) is 68.3 Å². The molecular formula is C22H36O4. The van der Waals surface area contributed by atoms with Crippen LogP contribution in [0.2, 0.25) is 0 Å². The third kappa shape index (κ3) is 3.57. The minimum absolute atomic E-state index is 0.0280. The Morgan fingerprint density at radius 1 is 0.615 bits per heavy atom. The summed E-state index contributed by atoms with van der Waals surface area (Å²) < 4.78 is 0. The quantitative estimate of drug-likeness (QED) is 0.654. The molecule has 0 heterocycles. The highest BCUT2D eigenvalue weighted by molar-refractivity contribution is 6.18. The third-order valence-electron chi connectivity index (χ3n) is 5.43. The van der Waals surface area contributed by atoms with Gasteiger partial charge in [-0.05, 0) is 12.8 Å². The lowest BCUT2D eigenvalue weighted by molar-refractivity contribution is -0.177. The van der Waals surface area contributed by atoms with Crippen molar-refractivity contribution in [1.29, 1.82) is 0 Å². The van der Waals surface area contributed by atoms with E-state index in [1.54, 1.807) is 69.2 Å². The van der Waals surface area contributed by atoms with Crippen LogP contribution in [0.25, 0.3) is 0 Å². The van der Waals surface area contributed by atoms with Gasteiger partial charge in [-0.1, -0.05) is 69.2 Å². The zero-order valence-corrected chi connectivity index (χ0v) is 18.2. The van der Waals surface area contributed by atoms with Crippen LogP contribution in [0.15, 0.2) is 0 Å². The van der Waals surface area contributed by atoms with Crippen LogP contribution >= 0.6 is 0 Å². The molecule has 0 N–H and O–H groups in total. The maximum atomic E-state index is 13.3. The van der Waals surface area contributed by atoms with E-state index in [1.807, 2.05) is 0 Å². The Balaban J connectivity index is 3.52. The number of carbonyl (C=O) groups excluding carboxylic acids is 4. The molecule has 0 bridgehead atoms. The molecule has 1 aliphatic rings. The smallest absolute Gasteiger partial charge is 0.151 e. The van der Waals surface area contributed by atoms with E-state index >= 15 is 0 Å². The van der Waals surface area contributed by atoms with E-state index in [9.17, 15) is 19.2 Å². The van der Waals surface area contributed by atoms with Gasteiger partial charge >= 0.3 is 0 Å². The highest BCUT2D eigenvalue weighted by atomic mass is 16.2. The molecular weight excluding hydrogens is 328 g/mol. The number of hydrogen-bond acceptors (Lipinski definition) is 4. The van der Waals surface area contributed by atoms with E-state index in [4.69, 9.17) is 0 Å². The minimum Gasteiger partial charge on any atom is -0.298 e. The van der Waals surface area contributed by atoms with Crippen LogP contribution in [0.4, 0.5) is 0 Å². The lowest BCUT2D eigenvalue weighted by Gasteiger charge is -2.56. The summed E-state index contributed by atoms with van der Waals surface area (Å²) in [5.74, 6) is -1.23. The second-order valence-electron chi connectivity index (χ2n) is 10.7. The van der Waals surface area contributed by atoms with Crippen molar-refractivity contribution in [3.63, 3.8) is 0 Å². The van der Waals surface area contributed by atoms with Crippen molar-refractivity contribution in [2.24, 2.45) is 33.5 Å². The van der Waals surface area contributed by atoms with Crippen LogP contribution in [-0.4, -0.2) is 23.1 Å². The summed E-state index contributed by atoms with van der Waals surface area (Å²) in [5, 5.41) is 0. The molecule has 0 unspecified atom stereocenters. The van der Waals surface area contributed by atoms with Gasteiger partial charge in [0.25, 0.3) is 0 Å². The van der Waals surface area contributed by atoms with Gasteiger partial charge in [0, 0.05) is 22.7 Å². The van der Waals surface area contributed by atoms with Crippen LogP contribution in [0.1, 0.15) is 82.1 Å². The summed E-state index contributed by atoms with van der Waals surface area (Å²) >= 11 is 0. The van der Waals surface area contributed by atoms with E-state index in [2.05, 4.69) is 0 Å². The van der Waals surface area contributed by atoms with E-state index < -0.39 is 21.7 Å². The zero-order chi connectivity index (χ0) is 20.9. The number of rotatable bonds is 6. The lowest BCUT2D eigenvalue weighted by Crippen LogP contribution is -2.66. The van der Waals surface area contributed by atoms with Gasteiger partial charge in [-0.15, -0.1) is 0 Å². The first-order chi connectivity index (χ1) is 11.4. The second kappa shape index (κ2) is 6.69. The summed E-state index contributed by atoms with van der Waals surface area (Å²) in [6, 6.07) is 0. The minimum atomic E-state index is -1.24. The first-order valence-electron chi connectivity index (χ1n) is 9.62. The fourth-order valence-electron chi connectivity index (χ4n) is 4.41. The normalized spacial score (nSPS) is 19.2. The predicted molar refractivity (Wildman–Crippen MR) is 103 cm³/mol. The second-order valence-corrected chi connectivity index (χ2v) is 10.7. The van der Waals surface area contributed by atoms with Gasteiger partial charge in [-0.3, -0.25) is 19.2 Å². The van der Waals surface area contributed by atoms with Crippen LogP contribution in [-0.2, 0) is 19.2 Å². The van der Waals surface area contributed by atoms with Crippen molar-refractivity contribution in [2.45, 2.75) is 82.1 Å². The fourth-order valence-corrected chi connectivity index (χ4v) is 4.41. The van der Waals surface area contributed by atoms with Gasteiger partial charge in [0.05, 0.1) is 10.8 Å². The van der Waals surface area contributed by atoms with Crippen LogP contribution in [0.3, 0.4) is 0 Å². The van der Waals surface area contributed by atoms with Crippen molar-refractivity contribution in [2.75, 3.05) is 0 Å². The van der Waals surface area contributed by atoms with Crippen LogP contribution < -0.4 is 0 Å². The molecule has 0 saturated heterocycles. The Labute approximate surface area is 158 Å². The van der Waals surface area contributed by atoms with Gasteiger partial charge < -0.3 is 0 Å². The molecule has 0 radical (unpaired) electrons. The molecule has 0 aliphatic heterocycles. The third-order valence-corrected chi connectivity index (χ3v) is 5.43. The van der Waals surface area contributed by atoms with Gasteiger partial charge in [0.2, 0.25) is 0 Å². The van der Waals surface area contributed by atoms with Crippen molar-refractivity contribution in [3.05, 3.63) is 0 Å². The van der Waals surface area contributed by atoms with E-state index in [1.165, 1.54) is 0 Å². The molecule has 1 fully saturated rings. The molecule has 0 aromatic rings. The summed E-state index contributed by atoms with van der Waals surface area (Å²) in [5.41, 5.74) is -3.88. The summed E-state index contributed by atoms with van der Waals surface area (Å²) in [6.07, 6.45) is 0.0560. The molecule has 148 valence electrons. The highest BCUT2D eigenvalue weighted by Crippen LogP contribution is 2.61. The van der Waals surface area contributed by atoms with E-state index in [0.29, 0.717) is 0 Å². The maximum Gasteiger partial charge on any atom is 0.151 e. The average molecular weight is 365 g/mol. The zero-order valence-electron chi connectivity index (χ0n) is 18.2. The van der Waals surface area contributed by atoms with E-state index in [-0.39, 0.29) is 47.8 Å². The molecule has 4 heteroatoms. The molecule has 0 amide bonds. The summed E-state index contributed by atoms with van der Waals surface area (Å²) in [7, 11) is 0. The molecule has 0 aromatic carbocycles. The van der Waals surface area contributed by atoms with Crippen molar-refractivity contribution in [1.82, 2.24) is 0 Å². The van der Waals surface area contributed by atoms with E-state index in [0.717, 1.165) is 0 Å². The Bertz CT molecular complexity index is 568. The maximum absolute atomic E-state index is 13.3. The Kier molecular flexibility index (Phi) is 5.84. The highest BCUT2D eigenvalue weighted by Gasteiger charge is 2.70. The molecule has 0 atom stereocenters. The summed E-state index contributed by atoms with van der Waals surface area (Å²) in [4.78, 5) is 52.5. The number of carbonyl (C=O) groups is 4. The largest absolute Gasteiger partial charge is 0.298 e. The number of Topliss-reactive ketones (excluding diaryl/α,β-unsaturated/α-hetero) is 4. The standard InChI is InChI=1S/C22H36O4/c1-13(2)15(23)21(16(24)14(3)4)11-22(12-21,17(25)19(5,6)7)18(26)20(8,9)10/h13-14H,11-12H2,1-10H3. The molecule has 0 spiro atoms. The molecule has 1 aliphatic carbocycles. The van der Waals surface area contributed by atoms with Crippen molar-refractivity contribution in [3.8, 4) is 0 Å². The predicted octanol–water partition coefficient (Wildman–Crippen LogP) is 4.43. The van der Waals surface area contributed by atoms with Gasteiger partial charge in [-0.25, -0.2) is 0 Å². The van der Waals surface area contributed by atoms with Gasteiger partial charge in [-0.2, -0.15) is 0 Å². The average Bonchev–Trinajstić information content (AvgIpc) is 2.43. The molecule has 0 aromatic heterocycles. The van der Waals surface area contributed by atoms with Crippen molar-refractivity contribution < 1.29 is 19.2 Å². The fraction of sp³-hybridized carbons (Fsp3) is 0.818. The molecule has 1 rings (SSSR count). The number of ketones is 4. The van der Waals surface area contributed by atoms with Crippen LogP contribution in [0.5, 0.6) is 0 Å². The first kappa shape index (κ1) is 22.7. The molecule has 4 nitrogen and oxygen atoms in total. The summed E-state index contributed by atoms with van der Waals surface area (Å²) in [6.45, 7) is 17.8. The first-order valence-corrected chi connectivity index (χ1v) is 9.62. The van der Waals surface area contributed by atoms with Gasteiger partial charge in [0.1, 0.15) is 11.6 Å². The van der Waals surface area contributed by atoms with Crippen LogP contribution in [0, 0.1) is 33.5 Å². The van der Waals surface area contributed by atoms with Gasteiger partial charge in [0.15, 0.2) is 11.6 Å².